The first-order valence-corrected chi connectivity index (χ1v) is 6.49. The third kappa shape index (κ3) is 2.62. The number of aryl methyl sites for hydroxylation is 1. The lowest BCUT2D eigenvalue weighted by molar-refractivity contribution is 0.249. The van der Waals surface area contributed by atoms with Crippen molar-refractivity contribution in [2.24, 2.45) is 0 Å². The molecule has 1 aliphatic rings. The third-order valence-corrected chi connectivity index (χ3v) is 3.41. The van der Waals surface area contributed by atoms with Gasteiger partial charge in [-0.1, -0.05) is 19.4 Å². The number of rotatable bonds is 4. The molecular weight excluding hydrogens is 196 g/mol. The van der Waals surface area contributed by atoms with Gasteiger partial charge in [0.25, 0.3) is 0 Å². The van der Waals surface area contributed by atoms with Crippen LogP contribution in [0.2, 0.25) is 0 Å². The van der Waals surface area contributed by atoms with E-state index in [0.717, 1.165) is 5.69 Å². The Hall–Kier alpha value is -0.890. The van der Waals surface area contributed by atoms with E-state index in [9.17, 15) is 0 Å². The maximum Gasteiger partial charge on any atom is 0.0578 e. The van der Waals surface area contributed by atoms with Gasteiger partial charge < -0.3 is 0 Å². The molecule has 0 aliphatic carbocycles. The van der Waals surface area contributed by atoms with Gasteiger partial charge in [-0.05, 0) is 51.4 Å². The SMILES string of the molecule is CCCCN1CCC[C@H]1c1cccc(C)n1. The maximum absolute atomic E-state index is 4.67. The highest BCUT2D eigenvalue weighted by atomic mass is 15.2. The largest absolute Gasteiger partial charge is 0.295 e. The molecule has 88 valence electrons. The molecule has 1 fully saturated rings. The van der Waals surface area contributed by atoms with Gasteiger partial charge in [-0.3, -0.25) is 9.88 Å². The predicted octanol–water partition coefficient (Wildman–Crippen LogP) is 3.33. The fourth-order valence-corrected chi connectivity index (χ4v) is 2.54. The van der Waals surface area contributed by atoms with Crippen LogP contribution >= 0.6 is 0 Å². The van der Waals surface area contributed by atoms with Gasteiger partial charge in [-0.2, -0.15) is 0 Å². The molecule has 2 heterocycles. The zero-order valence-corrected chi connectivity index (χ0v) is 10.4. The highest BCUT2D eigenvalue weighted by Gasteiger charge is 2.26. The summed E-state index contributed by atoms with van der Waals surface area (Å²) < 4.78 is 0. The van der Waals surface area contributed by atoms with Crippen molar-refractivity contribution in [3.05, 3.63) is 29.6 Å². The monoisotopic (exact) mass is 218 g/mol. The predicted molar refractivity (Wildman–Crippen MR) is 67.4 cm³/mol. The quantitative estimate of drug-likeness (QED) is 0.770. The lowest BCUT2D eigenvalue weighted by atomic mass is 10.1. The molecule has 1 aliphatic heterocycles. The molecule has 1 atom stereocenters. The van der Waals surface area contributed by atoms with Crippen molar-refractivity contribution in [3.8, 4) is 0 Å². The highest BCUT2D eigenvalue weighted by molar-refractivity contribution is 5.14. The molecule has 0 N–H and O–H groups in total. The van der Waals surface area contributed by atoms with Gasteiger partial charge in [-0.15, -0.1) is 0 Å². The van der Waals surface area contributed by atoms with Crippen molar-refractivity contribution in [3.63, 3.8) is 0 Å². The first kappa shape index (κ1) is 11.6. The van der Waals surface area contributed by atoms with Gasteiger partial charge in [0, 0.05) is 5.69 Å². The van der Waals surface area contributed by atoms with E-state index in [1.54, 1.807) is 0 Å². The molecule has 2 heteroatoms. The molecule has 2 nitrogen and oxygen atoms in total. The third-order valence-electron chi connectivity index (χ3n) is 3.41. The minimum absolute atomic E-state index is 0.575. The Labute approximate surface area is 98.7 Å². The molecule has 1 aromatic rings. The molecule has 16 heavy (non-hydrogen) atoms. The van der Waals surface area contributed by atoms with Crippen molar-refractivity contribution in [2.75, 3.05) is 13.1 Å². The summed E-state index contributed by atoms with van der Waals surface area (Å²) in [5, 5.41) is 0. The summed E-state index contributed by atoms with van der Waals surface area (Å²) in [6.07, 6.45) is 5.19. The number of nitrogens with zero attached hydrogens (tertiary/aromatic N) is 2. The lowest BCUT2D eigenvalue weighted by Gasteiger charge is -2.23. The molecule has 2 rings (SSSR count). The number of likely N-dealkylation sites (tertiary alicyclic amines) is 1. The van der Waals surface area contributed by atoms with Crippen LogP contribution in [0.4, 0.5) is 0 Å². The second-order valence-electron chi connectivity index (χ2n) is 4.75. The van der Waals surface area contributed by atoms with Crippen LogP contribution in [0.15, 0.2) is 18.2 Å². The molecule has 0 radical (unpaired) electrons. The minimum Gasteiger partial charge on any atom is -0.295 e. The van der Waals surface area contributed by atoms with Crippen molar-refractivity contribution in [2.45, 2.75) is 45.6 Å². The molecule has 0 amide bonds. The summed E-state index contributed by atoms with van der Waals surface area (Å²) >= 11 is 0. The van der Waals surface area contributed by atoms with E-state index in [2.05, 4.69) is 41.9 Å². The van der Waals surface area contributed by atoms with Gasteiger partial charge in [0.1, 0.15) is 0 Å². The molecule has 0 saturated carbocycles. The van der Waals surface area contributed by atoms with E-state index < -0.39 is 0 Å². The molecule has 1 saturated heterocycles. The van der Waals surface area contributed by atoms with E-state index >= 15 is 0 Å². The topological polar surface area (TPSA) is 16.1 Å². The standard InChI is InChI=1S/C14H22N2/c1-3-4-10-16-11-6-9-14(16)13-8-5-7-12(2)15-13/h5,7-8,14H,3-4,6,9-11H2,1-2H3/t14-/m0/s1. The van der Waals surface area contributed by atoms with Crippen LogP contribution in [-0.4, -0.2) is 23.0 Å². The van der Waals surface area contributed by atoms with Crippen molar-refractivity contribution < 1.29 is 0 Å². The Morgan fingerprint density at radius 2 is 2.31 bits per heavy atom. The Morgan fingerprint density at radius 3 is 3.06 bits per heavy atom. The molecule has 1 aromatic heterocycles. The van der Waals surface area contributed by atoms with Crippen LogP contribution in [0.3, 0.4) is 0 Å². The minimum atomic E-state index is 0.575. The average Bonchev–Trinajstić information content (AvgIpc) is 2.74. The van der Waals surface area contributed by atoms with E-state index in [4.69, 9.17) is 0 Å². The molecule has 0 aromatic carbocycles. The van der Waals surface area contributed by atoms with Crippen LogP contribution in [0.1, 0.15) is 50.0 Å². The van der Waals surface area contributed by atoms with Crippen LogP contribution in [0.5, 0.6) is 0 Å². The van der Waals surface area contributed by atoms with Crippen LogP contribution in [0, 0.1) is 6.92 Å². The molecule has 0 bridgehead atoms. The maximum atomic E-state index is 4.67. The van der Waals surface area contributed by atoms with E-state index in [1.807, 2.05) is 0 Å². The van der Waals surface area contributed by atoms with Crippen molar-refractivity contribution in [1.82, 2.24) is 9.88 Å². The number of hydrogen-bond acceptors (Lipinski definition) is 2. The fourth-order valence-electron chi connectivity index (χ4n) is 2.54. The number of unbranched alkanes of at least 4 members (excludes halogenated alkanes) is 1. The number of pyridine rings is 1. The lowest BCUT2D eigenvalue weighted by Crippen LogP contribution is -2.25. The average molecular weight is 218 g/mol. The smallest absolute Gasteiger partial charge is 0.0578 e. The van der Waals surface area contributed by atoms with Gasteiger partial charge in [0.2, 0.25) is 0 Å². The molecule has 0 unspecified atom stereocenters. The van der Waals surface area contributed by atoms with Crippen LogP contribution in [0.25, 0.3) is 0 Å². The Morgan fingerprint density at radius 1 is 1.44 bits per heavy atom. The van der Waals surface area contributed by atoms with Gasteiger partial charge in [0.05, 0.1) is 11.7 Å². The van der Waals surface area contributed by atoms with Crippen LogP contribution in [-0.2, 0) is 0 Å². The van der Waals surface area contributed by atoms with E-state index in [1.165, 1.54) is 44.5 Å². The van der Waals surface area contributed by atoms with Gasteiger partial charge in [-0.25, -0.2) is 0 Å². The summed E-state index contributed by atoms with van der Waals surface area (Å²) in [5.41, 5.74) is 2.41. The Balaban J connectivity index is 2.07. The van der Waals surface area contributed by atoms with E-state index in [-0.39, 0.29) is 0 Å². The Bertz CT molecular complexity index is 335. The summed E-state index contributed by atoms with van der Waals surface area (Å²) in [6.45, 7) is 6.82. The zero-order chi connectivity index (χ0) is 11.4. The normalized spacial score (nSPS) is 21.5. The number of aromatic nitrogens is 1. The summed E-state index contributed by atoms with van der Waals surface area (Å²) in [5.74, 6) is 0. The fraction of sp³-hybridized carbons (Fsp3) is 0.643. The van der Waals surface area contributed by atoms with Crippen LogP contribution < -0.4 is 0 Å². The van der Waals surface area contributed by atoms with Gasteiger partial charge in [0.15, 0.2) is 0 Å². The second kappa shape index (κ2) is 5.44. The summed E-state index contributed by atoms with van der Waals surface area (Å²) in [6, 6.07) is 6.97. The zero-order valence-electron chi connectivity index (χ0n) is 10.4. The summed E-state index contributed by atoms with van der Waals surface area (Å²) in [7, 11) is 0. The highest BCUT2D eigenvalue weighted by Crippen LogP contribution is 2.30. The molecule has 0 spiro atoms. The first-order valence-electron chi connectivity index (χ1n) is 6.49. The van der Waals surface area contributed by atoms with Gasteiger partial charge >= 0.3 is 0 Å². The Kier molecular flexibility index (Phi) is 3.94. The van der Waals surface area contributed by atoms with Crippen molar-refractivity contribution >= 4 is 0 Å². The van der Waals surface area contributed by atoms with E-state index in [0.29, 0.717) is 6.04 Å². The van der Waals surface area contributed by atoms with Crippen molar-refractivity contribution in [1.29, 1.82) is 0 Å². The summed E-state index contributed by atoms with van der Waals surface area (Å²) in [4.78, 5) is 7.27. The molecular formula is C14H22N2. The number of hydrogen-bond donors (Lipinski definition) is 0. The first-order chi connectivity index (χ1) is 7.81. The second-order valence-corrected chi connectivity index (χ2v) is 4.75.